The van der Waals surface area contributed by atoms with Crippen molar-refractivity contribution >= 4 is 0 Å². The smallest absolute Gasteiger partial charge is 0.116 e. The molecule has 0 aliphatic carbocycles. The number of hydrogen-bond acceptors (Lipinski definition) is 1. The Balaban J connectivity index is 2.34. The molecule has 2 unspecified atom stereocenters. The highest BCUT2D eigenvalue weighted by Crippen LogP contribution is 2.14. The molecule has 0 aromatic heterocycles. The molecule has 0 aromatic carbocycles. The molecular formula is C6H11F2N. The Morgan fingerprint density at radius 2 is 1.67 bits per heavy atom. The Bertz CT molecular complexity index is 72.0. The van der Waals surface area contributed by atoms with E-state index in [1.54, 1.807) is 11.9 Å². The predicted molar refractivity (Wildman–Crippen MR) is 31.9 cm³/mol. The van der Waals surface area contributed by atoms with Crippen LogP contribution in [-0.2, 0) is 0 Å². The van der Waals surface area contributed by atoms with E-state index in [0.29, 0.717) is 13.1 Å². The molecule has 0 bridgehead atoms. The van der Waals surface area contributed by atoms with Gasteiger partial charge in [0.15, 0.2) is 0 Å². The summed E-state index contributed by atoms with van der Waals surface area (Å²) in [4.78, 5) is 1.68. The van der Waals surface area contributed by atoms with Gasteiger partial charge in [0.1, 0.15) is 12.3 Å². The van der Waals surface area contributed by atoms with E-state index >= 15 is 0 Å². The van der Waals surface area contributed by atoms with Crippen LogP contribution in [0.2, 0.25) is 0 Å². The van der Waals surface area contributed by atoms with E-state index in [9.17, 15) is 8.78 Å². The molecule has 2 atom stereocenters. The molecule has 1 heterocycles. The molecule has 1 saturated heterocycles. The zero-order valence-corrected chi connectivity index (χ0v) is 5.48. The van der Waals surface area contributed by atoms with Crippen LogP contribution in [-0.4, -0.2) is 37.4 Å². The summed E-state index contributed by atoms with van der Waals surface area (Å²) >= 11 is 0. The second kappa shape index (κ2) is 2.60. The van der Waals surface area contributed by atoms with Gasteiger partial charge in [-0.05, 0) is 7.05 Å². The summed E-state index contributed by atoms with van der Waals surface area (Å²) in [5.41, 5.74) is 0. The fourth-order valence-electron chi connectivity index (χ4n) is 1.18. The molecule has 0 spiro atoms. The van der Waals surface area contributed by atoms with Crippen LogP contribution in [0.4, 0.5) is 8.78 Å². The zero-order valence-electron chi connectivity index (χ0n) is 5.48. The summed E-state index contributed by atoms with van der Waals surface area (Å²) in [6.45, 7) is 0.779. The lowest BCUT2D eigenvalue weighted by atomic mass is 10.1. The van der Waals surface area contributed by atoms with Crippen molar-refractivity contribution in [3.63, 3.8) is 0 Å². The van der Waals surface area contributed by atoms with E-state index < -0.39 is 12.3 Å². The van der Waals surface area contributed by atoms with Gasteiger partial charge in [-0.15, -0.1) is 0 Å². The van der Waals surface area contributed by atoms with Gasteiger partial charge in [-0.1, -0.05) is 0 Å². The molecule has 1 rings (SSSR count). The molecule has 0 saturated carbocycles. The van der Waals surface area contributed by atoms with Gasteiger partial charge in [-0.25, -0.2) is 8.78 Å². The van der Waals surface area contributed by atoms with Crippen molar-refractivity contribution in [3.8, 4) is 0 Å². The van der Waals surface area contributed by atoms with Crippen LogP contribution < -0.4 is 0 Å². The van der Waals surface area contributed by atoms with Crippen molar-refractivity contribution in [2.75, 3.05) is 20.1 Å². The number of nitrogens with zero attached hydrogens (tertiary/aromatic N) is 1. The van der Waals surface area contributed by atoms with Gasteiger partial charge < -0.3 is 4.90 Å². The number of alkyl halides is 2. The van der Waals surface area contributed by atoms with Crippen LogP contribution in [0.15, 0.2) is 0 Å². The molecule has 1 fully saturated rings. The summed E-state index contributed by atoms with van der Waals surface area (Å²) < 4.78 is 24.8. The third kappa shape index (κ3) is 1.90. The van der Waals surface area contributed by atoms with Crippen LogP contribution in [0.3, 0.4) is 0 Å². The topological polar surface area (TPSA) is 3.24 Å². The minimum Gasteiger partial charge on any atom is -0.301 e. The molecule has 0 aromatic rings. The quantitative estimate of drug-likeness (QED) is 0.479. The largest absolute Gasteiger partial charge is 0.301 e. The van der Waals surface area contributed by atoms with E-state index in [4.69, 9.17) is 0 Å². The zero-order chi connectivity index (χ0) is 6.85. The molecule has 1 aliphatic rings. The maximum atomic E-state index is 12.4. The lowest BCUT2D eigenvalue weighted by Crippen LogP contribution is -2.39. The average Bonchev–Trinajstić information content (AvgIpc) is 1.59. The second-order valence-electron chi connectivity index (χ2n) is 2.65. The molecule has 0 radical (unpaired) electrons. The third-order valence-corrected chi connectivity index (χ3v) is 1.53. The maximum absolute atomic E-state index is 12.4. The maximum Gasteiger partial charge on any atom is 0.116 e. The standard InChI is InChI=1S/C6H11F2N/c1-9-3-5(7)2-6(8)4-9/h5-6H,2-4H2,1H3. The van der Waals surface area contributed by atoms with Gasteiger partial charge in [0, 0.05) is 19.5 Å². The third-order valence-electron chi connectivity index (χ3n) is 1.53. The van der Waals surface area contributed by atoms with Crippen LogP contribution in [0.1, 0.15) is 6.42 Å². The number of piperidine rings is 1. The molecule has 1 aliphatic heterocycles. The van der Waals surface area contributed by atoms with Gasteiger partial charge in [0.05, 0.1) is 0 Å². The molecule has 3 heteroatoms. The fraction of sp³-hybridized carbons (Fsp3) is 1.00. The van der Waals surface area contributed by atoms with Gasteiger partial charge in [0.25, 0.3) is 0 Å². The number of halogens is 2. The van der Waals surface area contributed by atoms with Crippen molar-refractivity contribution in [1.29, 1.82) is 0 Å². The lowest BCUT2D eigenvalue weighted by Gasteiger charge is -2.27. The number of hydrogen-bond donors (Lipinski definition) is 0. The molecule has 9 heavy (non-hydrogen) atoms. The lowest BCUT2D eigenvalue weighted by molar-refractivity contribution is 0.0917. The van der Waals surface area contributed by atoms with Crippen molar-refractivity contribution in [1.82, 2.24) is 4.90 Å². The highest BCUT2D eigenvalue weighted by atomic mass is 19.1. The van der Waals surface area contributed by atoms with Crippen LogP contribution in [0.5, 0.6) is 0 Å². The summed E-state index contributed by atoms with van der Waals surface area (Å²) in [6.07, 6.45) is -1.83. The van der Waals surface area contributed by atoms with Crippen LogP contribution in [0, 0.1) is 0 Å². The molecule has 0 amide bonds. The molecule has 54 valence electrons. The molecule has 1 nitrogen and oxygen atoms in total. The highest BCUT2D eigenvalue weighted by molar-refractivity contribution is 4.76. The monoisotopic (exact) mass is 135 g/mol. The van der Waals surface area contributed by atoms with Crippen LogP contribution in [0.25, 0.3) is 0 Å². The van der Waals surface area contributed by atoms with Crippen molar-refractivity contribution in [3.05, 3.63) is 0 Å². The summed E-state index contributed by atoms with van der Waals surface area (Å²) in [5.74, 6) is 0. The SMILES string of the molecule is CN1CC(F)CC(F)C1. The number of likely N-dealkylation sites (tertiary alicyclic amines) is 1. The van der Waals surface area contributed by atoms with Crippen molar-refractivity contribution in [2.45, 2.75) is 18.8 Å². The first-order valence-electron chi connectivity index (χ1n) is 3.15. The van der Waals surface area contributed by atoms with Gasteiger partial charge in [-0.2, -0.15) is 0 Å². The van der Waals surface area contributed by atoms with Gasteiger partial charge in [-0.3, -0.25) is 0 Å². The Morgan fingerprint density at radius 3 is 2.00 bits per heavy atom. The van der Waals surface area contributed by atoms with Crippen molar-refractivity contribution < 1.29 is 8.78 Å². The highest BCUT2D eigenvalue weighted by Gasteiger charge is 2.23. The Kier molecular flexibility index (Phi) is 2.01. The van der Waals surface area contributed by atoms with E-state index in [0.717, 1.165) is 0 Å². The minimum absolute atomic E-state index is 0.0876. The van der Waals surface area contributed by atoms with Gasteiger partial charge >= 0.3 is 0 Å². The number of rotatable bonds is 0. The summed E-state index contributed by atoms with van der Waals surface area (Å²) in [5, 5.41) is 0. The second-order valence-corrected chi connectivity index (χ2v) is 2.65. The average molecular weight is 135 g/mol. The van der Waals surface area contributed by atoms with E-state index in [-0.39, 0.29) is 6.42 Å². The Labute approximate surface area is 53.6 Å². The Morgan fingerprint density at radius 1 is 1.22 bits per heavy atom. The Hall–Kier alpha value is -0.180. The van der Waals surface area contributed by atoms with E-state index in [1.165, 1.54) is 0 Å². The first-order valence-corrected chi connectivity index (χ1v) is 3.15. The van der Waals surface area contributed by atoms with Crippen LogP contribution >= 0.6 is 0 Å². The molecular weight excluding hydrogens is 124 g/mol. The van der Waals surface area contributed by atoms with E-state index in [2.05, 4.69) is 0 Å². The molecule has 0 N–H and O–H groups in total. The summed E-state index contributed by atoms with van der Waals surface area (Å²) in [6, 6.07) is 0. The summed E-state index contributed by atoms with van der Waals surface area (Å²) in [7, 11) is 1.73. The fourth-order valence-corrected chi connectivity index (χ4v) is 1.18. The van der Waals surface area contributed by atoms with Gasteiger partial charge in [0.2, 0.25) is 0 Å². The predicted octanol–water partition coefficient (Wildman–Crippen LogP) is 0.998. The first kappa shape index (κ1) is 6.93. The van der Waals surface area contributed by atoms with E-state index in [1.807, 2.05) is 0 Å². The van der Waals surface area contributed by atoms with Crippen molar-refractivity contribution in [2.24, 2.45) is 0 Å². The normalized spacial score (nSPS) is 39.0. The first-order chi connectivity index (χ1) is 4.18. The minimum atomic E-state index is -0.959.